The molecule has 0 spiro atoms. The van der Waals surface area contributed by atoms with Crippen molar-refractivity contribution in [1.82, 2.24) is 4.98 Å². The smallest absolute Gasteiger partial charge is 0.350 e. The van der Waals surface area contributed by atoms with Crippen molar-refractivity contribution in [2.75, 3.05) is 0 Å². The molecule has 12 heavy (non-hydrogen) atoms. The predicted octanol–water partition coefficient (Wildman–Crippen LogP) is -0.197. The van der Waals surface area contributed by atoms with Gasteiger partial charge in [0.15, 0.2) is 0 Å². The van der Waals surface area contributed by atoms with Crippen LogP contribution < -0.4 is 9.32 Å². The van der Waals surface area contributed by atoms with E-state index in [0.29, 0.717) is 0 Å². The molecule has 0 atom stereocenters. The SMILES string of the molecule is NS(=O)(=O)Oc1cc(F)ccn1. The summed E-state index contributed by atoms with van der Waals surface area (Å²) in [5.41, 5.74) is 0. The summed E-state index contributed by atoms with van der Waals surface area (Å²) in [5, 5.41) is 4.51. The molecule has 1 aromatic heterocycles. The van der Waals surface area contributed by atoms with Crippen molar-refractivity contribution in [1.29, 1.82) is 0 Å². The molecular formula is C5H5FN2O3S. The molecule has 1 rings (SSSR count). The maximum atomic E-state index is 12.4. The molecule has 0 aliphatic carbocycles. The van der Waals surface area contributed by atoms with Crippen LogP contribution in [-0.4, -0.2) is 13.4 Å². The van der Waals surface area contributed by atoms with Gasteiger partial charge < -0.3 is 4.18 Å². The van der Waals surface area contributed by atoms with Gasteiger partial charge in [0.05, 0.1) is 0 Å². The van der Waals surface area contributed by atoms with Gasteiger partial charge in [-0.2, -0.15) is 13.6 Å². The van der Waals surface area contributed by atoms with Crippen LogP contribution in [-0.2, 0) is 10.3 Å². The number of nitrogens with zero attached hydrogens (tertiary/aromatic N) is 1. The summed E-state index contributed by atoms with van der Waals surface area (Å²) in [6, 6.07) is 1.86. The van der Waals surface area contributed by atoms with E-state index in [2.05, 4.69) is 14.3 Å². The summed E-state index contributed by atoms with van der Waals surface area (Å²) >= 11 is 0. The Kier molecular flexibility index (Phi) is 2.25. The zero-order chi connectivity index (χ0) is 9.19. The van der Waals surface area contributed by atoms with Crippen LogP contribution in [0.15, 0.2) is 18.3 Å². The monoisotopic (exact) mass is 192 g/mol. The molecule has 0 fully saturated rings. The van der Waals surface area contributed by atoms with Gasteiger partial charge in [0.25, 0.3) is 0 Å². The van der Waals surface area contributed by atoms with Gasteiger partial charge in [-0.3, -0.25) is 0 Å². The molecule has 0 aromatic carbocycles. The van der Waals surface area contributed by atoms with E-state index in [0.717, 1.165) is 18.3 Å². The third-order valence-electron chi connectivity index (χ3n) is 0.898. The van der Waals surface area contributed by atoms with E-state index in [-0.39, 0.29) is 0 Å². The van der Waals surface area contributed by atoms with Crippen molar-refractivity contribution in [3.63, 3.8) is 0 Å². The van der Waals surface area contributed by atoms with Crippen molar-refractivity contribution in [2.24, 2.45) is 5.14 Å². The second-order valence-corrected chi connectivity index (χ2v) is 3.04. The summed E-state index contributed by atoms with van der Waals surface area (Å²) < 4.78 is 37.1. The largest absolute Gasteiger partial charge is 0.381 e. The number of hydrogen-bond donors (Lipinski definition) is 1. The van der Waals surface area contributed by atoms with Crippen LogP contribution in [0.3, 0.4) is 0 Å². The average Bonchev–Trinajstić information content (AvgIpc) is 1.82. The first-order valence-corrected chi connectivity index (χ1v) is 4.28. The quantitative estimate of drug-likeness (QED) is 0.703. The maximum Gasteiger partial charge on any atom is 0.381 e. The first-order valence-electron chi connectivity index (χ1n) is 2.81. The van der Waals surface area contributed by atoms with Crippen molar-refractivity contribution in [2.45, 2.75) is 0 Å². The van der Waals surface area contributed by atoms with Crippen LogP contribution in [0.4, 0.5) is 4.39 Å². The Morgan fingerprint density at radius 2 is 2.25 bits per heavy atom. The fraction of sp³-hybridized carbons (Fsp3) is 0. The van der Waals surface area contributed by atoms with Gasteiger partial charge in [0.2, 0.25) is 5.88 Å². The first-order chi connectivity index (χ1) is 5.47. The topological polar surface area (TPSA) is 82.3 Å². The summed E-state index contributed by atoms with van der Waals surface area (Å²) in [5.74, 6) is -1.04. The van der Waals surface area contributed by atoms with Crippen LogP contribution in [0.25, 0.3) is 0 Å². The lowest BCUT2D eigenvalue weighted by atomic mass is 10.5. The van der Waals surface area contributed by atoms with Gasteiger partial charge in [-0.25, -0.2) is 9.37 Å². The Balaban J connectivity index is 2.91. The highest BCUT2D eigenvalue weighted by atomic mass is 32.2. The predicted molar refractivity (Wildman–Crippen MR) is 37.9 cm³/mol. The molecule has 7 heteroatoms. The molecule has 0 bridgehead atoms. The van der Waals surface area contributed by atoms with Crippen LogP contribution >= 0.6 is 0 Å². The molecule has 1 aromatic rings. The van der Waals surface area contributed by atoms with Crippen molar-refractivity contribution < 1.29 is 17.0 Å². The molecule has 0 radical (unpaired) electrons. The van der Waals surface area contributed by atoms with Crippen LogP contribution in [0.5, 0.6) is 5.88 Å². The molecule has 0 saturated heterocycles. The minimum Gasteiger partial charge on any atom is -0.350 e. The van der Waals surface area contributed by atoms with E-state index in [1.807, 2.05) is 0 Å². The number of hydrogen-bond acceptors (Lipinski definition) is 4. The van der Waals surface area contributed by atoms with Crippen LogP contribution in [0, 0.1) is 5.82 Å². The number of rotatable bonds is 2. The molecular weight excluding hydrogens is 187 g/mol. The lowest BCUT2D eigenvalue weighted by Crippen LogP contribution is -2.19. The molecule has 0 saturated carbocycles. The standard InChI is InChI=1S/C5H5FN2O3S/c6-4-1-2-8-5(3-4)11-12(7,9)10/h1-3H,(H2,7,9,10). The van der Waals surface area contributed by atoms with Gasteiger partial charge in [-0.15, -0.1) is 0 Å². The van der Waals surface area contributed by atoms with E-state index < -0.39 is 22.0 Å². The first kappa shape index (κ1) is 8.88. The molecule has 0 unspecified atom stereocenters. The molecule has 66 valence electrons. The zero-order valence-corrected chi connectivity index (χ0v) is 6.58. The number of aromatic nitrogens is 1. The zero-order valence-electron chi connectivity index (χ0n) is 5.77. The summed E-state index contributed by atoms with van der Waals surface area (Å²) in [4.78, 5) is 3.40. The van der Waals surface area contributed by atoms with Crippen molar-refractivity contribution in [3.05, 3.63) is 24.1 Å². The average molecular weight is 192 g/mol. The minimum absolute atomic E-state index is 0.391. The van der Waals surface area contributed by atoms with Gasteiger partial charge in [-0.1, -0.05) is 0 Å². The molecule has 2 N–H and O–H groups in total. The third-order valence-corrected chi connectivity index (χ3v) is 1.30. The second kappa shape index (κ2) is 3.03. The summed E-state index contributed by atoms with van der Waals surface area (Å²) in [6.07, 6.45) is 1.07. The van der Waals surface area contributed by atoms with Crippen LogP contribution in [0.1, 0.15) is 0 Å². The lowest BCUT2D eigenvalue weighted by Gasteiger charge is -1.99. The number of halogens is 1. The van der Waals surface area contributed by atoms with E-state index in [1.165, 1.54) is 0 Å². The van der Waals surface area contributed by atoms with Crippen molar-refractivity contribution in [3.8, 4) is 5.88 Å². The highest BCUT2D eigenvalue weighted by molar-refractivity contribution is 7.84. The van der Waals surface area contributed by atoms with E-state index >= 15 is 0 Å². The third kappa shape index (κ3) is 2.81. The summed E-state index contributed by atoms with van der Waals surface area (Å²) in [7, 11) is -4.12. The van der Waals surface area contributed by atoms with Crippen LogP contribution in [0.2, 0.25) is 0 Å². The van der Waals surface area contributed by atoms with E-state index in [4.69, 9.17) is 0 Å². The molecule has 0 aliphatic rings. The maximum absolute atomic E-state index is 12.4. The lowest BCUT2D eigenvalue weighted by molar-refractivity contribution is 0.474. The van der Waals surface area contributed by atoms with Crippen molar-refractivity contribution >= 4 is 10.3 Å². The van der Waals surface area contributed by atoms with Gasteiger partial charge in [0.1, 0.15) is 5.82 Å². The normalized spacial score (nSPS) is 11.2. The Morgan fingerprint density at radius 3 is 2.75 bits per heavy atom. The minimum atomic E-state index is -4.12. The Hall–Kier alpha value is -1.21. The molecule has 0 amide bonds. The van der Waals surface area contributed by atoms with Gasteiger partial charge in [0, 0.05) is 12.3 Å². The number of nitrogens with two attached hydrogens (primary N) is 1. The van der Waals surface area contributed by atoms with E-state index in [9.17, 15) is 12.8 Å². The molecule has 0 aliphatic heterocycles. The fourth-order valence-electron chi connectivity index (χ4n) is 0.550. The highest BCUT2D eigenvalue weighted by Crippen LogP contribution is 2.08. The van der Waals surface area contributed by atoms with Gasteiger partial charge >= 0.3 is 10.3 Å². The van der Waals surface area contributed by atoms with Gasteiger partial charge in [-0.05, 0) is 6.07 Å². The Bertz CT molecular complexity index is 378. The number of pyridine rings is 1. The molecule has 1 heterocycles. The summed E-state index contributed by atoms with van der Waals surface area (Å²) in [6.45, 7) is 0. The second-order valence-electron chi connectivity index (χ2n) is 1.89. The highest BCUT2D eigenvalue weighted by Gasteiger charge is 2.05. The Labute approximate surface area is 68.2 Å². The fourth-order valence-corrected chi connectivity index (χ4v) is 0.879. The van der Waals surface area contributed by atoms with E-state index in [1.54, 1.807) is 0 Å². The Morgan fingerprint density at radius 1 is 1.58 bits per heavy atom. The molecule has 5 nitrogen and oxygen atoms in total.